The second-order valence-corrected chi connectivity index (χ2v) is 7.27. The lowest BCUT2D eigenvalue weighted by molar-refractivity contribution is 0.0942. The number of amides is 1. The molecule has 0 bridgehead atoms. The molecular weight excluding hydrogens is 374 g/mol. The quantitative estimate of drug-likeness (QED) is 0.556. The van der Waals surface area contributed by atoms with E-state index in [1.807, 2.05) is 56.3 Å². The van der Waals surface area contributed by atoms with Crippen LogP contribution in [-0.2, 0) is 6.54 Å². The van der Waals surface area contributed by atoms with Crippen molar-refractivity contribution in [2.45, 2.75) is 20.4 Å². The molecule has 0 saturated carbocycles. The average Bonchev–Trinajstić information content (AvgIpc) is 3.37. The van der Waals surface area contributed by atoms with Gasteiger partial charge in [-0.3, -0.25) is 9.78 Å². The van der Waals surface area contributed by atoms with Crippen LogP contribution >= 0.6 is 11.3 Å². The van der Waals surface area contributed by atoms with Gasteiger partial charge in [0.15, 0.2) is 11.5 Å². The minimum atomic E-state index is -0.329. The summed E-state index contributed by atoms with van der Waals surface area (Å²) in [5.41, 5.74) is 3.77. The van der Waals surface area contributed by atoms with Gasteiger partial charge >= 0.3 is 0 Å². The van der Waals surface area contributed by atoms with Crippen LogP contribution in [-0.4, -0.2) is 26.2 Å². The van der Waals surface area contributed by atoms with E-state index in [-0.39, 0.29) is 18.1 Å². The first-order chi connectivity index (χ1) is 13.6. The van der Waals surface area contributed by atoms with E-state index in [0.29, 0.717) is 5.76 Å². The van der Waals surface area contributed by atoms with Crippen molar-refractivity contribution in [3.63, 3.8) is 0 Å². The number of rotatable bonds is 5. The largest absolute Gasteiger partial charge is 0.355 e. The van der Waals surface area contributed by atoms with Crippen molar-refractivity contribution < 1.29 is 9.32 Å². The molecule has 7 nitrogen and oxygen atoms in total. The van der Waals surface area contributed by atoms with Crippen molar-refractivity contribution in [2.75, 3.05) is 0 Å². The zero-order chi connectivity index (χ0) is 19.5. The van der Waals surface area contributed by atoms with Gasteiger partial charge in [0.1, 0.15) is 10.0 Å². The first-order valence-electron chi connectivity index (χ1n) is 8.67. The molecule has 28 heavy (non-hydrogen) atoms. The predicted molar refractivity (Wildman–Crippen MR) is 106 cm³/mol. The molecule has 4 rings (SSSR count). The fourth-order valence-electron chi connectivity index (χ4n) is 2.73. The third-order valence-electron chi connectivity index (χ3n) is 4.12. The van der Waals surface area contributed by atoms with Gasteiger partial charge in [0, 0.05) is 28.6 Å². The highest BCUT2D eigenvalue weighted by molar-refractivity contribution is 7.14. The van der Waals surface area contributed by atoms with Gasteiger partial charge in [0.05, 0.1) is 6.54 Å². The van der Waals surface area contributed by atoms with Gasteiger partial charge in [-0.1, -0.05) is 46.8 Å². The Morgan fingerprint density at radius 3 is 2.71 bits per heavy atom. The Morgan fingerprint density at radius 2 is 1.93 bits per heavy atom. The number of benzene rings is 1. The minimum Gasteiger partial charge on any atom is -0.355 e. The molecule has 1 N–H and O–H groups in total. The highest BCUT2D eigenvalue weighted by Crippen LogP contribution is 2.24. The molecular formula is C20H17N5O2S. The number of aromatic nitrogens is 4. The fraction of sp³-hybridized carbons (Fsp3) is 0.150. The lowest BCUT2D eigenvalue weighted by atomic mass is 10.1. The summed E-state index contributed by atoms with van der Waals surface area (Å²) in [6.45, 7) is 4.09. The predicted octanol–water partition coefficient (Wildman–Crippen LogP) is 3.80. The summed E-state index contributed by atoms with van der Waals surface area (Å²) in [7, 11) is 0. The molecule has 8 heteroatoms. The molecule has 0 radical (unpaired) electrons. The van der Waals surface area contributed by atoms with E-state index < -0.39 is 0 Å². The number of nitrogens with one attached hydrogen (secondary N) is 1. The van der Waals surface area contributed by atoms with Crippen LogP contribution in [0.4, 0.5) is 0 Å². The van der Waals surface area contributed by atoms with Crippen LogP contribution in [0.1, 0.15) is 26.9 Å². The standard InChI is InChI=1S/C20H17N5O2S/c1-12-8-9-15(13(2)22-12)17-10-16(25-27-17)19(26)21-11-18-23-24-20(28-18)14-6-4-3-5-7-14/h3-10H,11H2,1-2H3,(H,21,26). The summed E-state index contributed by atoms with van der Waals surface area (Å²) >= 11 is 1.44. The third kappa shape index (κ3) is 3.81. The Morgan fingerprint density at radius 1 is 1.11 bits per heavy atom. The van der Waals surface area contributed by atoms with Crippen molar-refractivity contribution >= 4 is 17.2 Å². The maximum atomic E-state index is 12.4. The van der Waals surface area contributed by atoms with E-state index in [1.54, 1.807) is 6.07 Å². The number of carbonyl (C=O) groups is 1. The van der Waals surface area contributed by atoms with Gasteiger partial charge in [-0.25, -0.2) is 0 Å². The number of carbonyl (C=O) groups excluding carboxylic acids is 1. The molecule has 0 aliphatic carbocycles. The Balaban J connectivity index is 1.42. The second-order valence-electron chi connectivity index (χ2n) is 6.21. The number of aryl methyl sites for hydroxylation is 2. The summed E-state index contributed by atoms with van der Waals surface area (Å²) in [4.78, 5) is 16.8. The number of nitrogens with zero attached hydrogens (tertiary/aromatic N) is 4. The average molecular weight is 391 g/mol. The smallest absolute Gasteiger partial charge is 0.273 e. The van der Waals surface area contributed by atoms with Crippen molar-refractivity contribution in [3.8, 4) is 21.9 Å². The molecule has 1 aromatic carbocycles. The highest BCUT2D eigenvalue weighted by atomic mass is 32.1. The lowest BCUT2D eigenvalue weighted by Crippen LogP contribution is -2.22. The zero-order valence-electron chi connectivity index (χ0n) is 15.3. The number of pyridine rings is 1. The minimum absolute atomic E-state index is 0.211. The normalized spacial score (nSPS) is 10.8. The van der Waals surface area contributed by atoms with Crippen LogP contribution in [0.3, 0.4) is 0 Å². The van der Waals surface area contributed by atoms with Crippen LogP contribution in [0.2, 0.25) is 0 Å². The van der Waals surface area contributed by atoms with Crippen LogP contribution in [0.25, 0.3) is 21.9 Å². The van der Waals surface area contributed by atoms with Crippen LogP contribution in [0, 0.1) is 13.8 Å². The first kappa shape index (κ1) is 18.0. The van der Waals surface area contributed by atoms with Crippen molar-refractivity contribution in [3.05, 3.63) is 70.6 Å². The van der Waals surface area contributed by atoms with E-state index in [4.69, 9.17) is 4.52 Å². The fourth-order valence-corrected chi connectivity index (χ4v) is 3.51. The van der Waals surface area contributed by atoms with Crippen LogP contribution in [0.5, 0.6) is 0 Å². The summed E-state index contributed by atoms with van der Waals surface area (Å²) in [6.07, 6.45) is 0. The Hall–Kier alpha value is -3.39. The molecule has 0 aliphatic heterocycles. The Labute approximate surface area is 165 Å². The third-order valence-corrected chi connectivity index (χ3v) is 5.09. The van der Waals surface area contributed by atoms with E-state index >= 15 is 0 Å². The van der Waals surface area contributed by atoms with Gasteiger partial charge in [-0.2, -0.15) is 0 Å². The van der Waals surface area contributed by atoms with Gasteiger partial charge in [0.2, 0.25) is 0 Å². The first-order valence-corrected chi connectivity index (χ1v) is 9.49. The monoisotopic (exact) mass is 391 g/mol. The van der Waals surface area contributed by atoms with Crippen molar-refractivity contribution in [1.82, 2.24) is 25.7 Å². The number of hydrogen-bond donors (Lipinski definition) is 1. The van der Waals surface area contributed by atoms with Gasteiger partial charge < -0.3 is 9.84 Å². The Bertz CT molecular complexity index is 1120. The summed E-state index contributed by atoms with van der Waals surface area (Å²) in [5.74, 6) is 0.182. The molecule has 0 fully saturated rings. The maximum absolute atomic E-state index is 12.4. The molecule has 0 aliphatic rings. The van der Waals surface area contributed by atoms with E-state index in [2.05, 4.69) is 25.7 Å². The topological polar surface area (TPSA) is 93.8 Å². The molecule has 4 aromatic rings. The van der Waals surface area contributed by atoms with Crippen molar-refractivity contribution in [1.29, 1.82) is 0 Å². The second kappa shape index (κ2) is 7.69. The summed E-state index contributed by atoms with van der Waals surface area (Å²) in [5, 5.41) is 16.5. The highest BCUT2D eigenvalue weighted by Gasteiger charge is 2.16. The summed E-state index contributed by atoms with van der Waals surface area (Å²) in [6, 6.07) is 15.2. The van der Waals surface area contributed by atoms with Crippen LogP contribution < -0.4 is 5.32 Å². The van der Waals surface area contributed by atoms with Crippen molar-refractivity contribution in [2.24, 2.45) is 0 Å². The zero-order valence-corrected chi connectivity index (χ0v) is 16.2. The molecule has 0 atom stereocenters. The van der Waals surface area contributed by atoms with Gasteiger partial charge in [-0.05, 0) is 26.0 Å². The number of hydrogen-bond acceptors (Lipinski definition) is 7. The maximum Gasteiger partial charge on any atom is 0.273 e. The molecule has 0 spiro atoms. The molecule has 0 saturated heterocycles. The molecule has 0 unspecified atom stereocenters. The molecule has 1 amide bonds. The SMILES string of the molecule is Cc1ccc(-c2cc(C(=O)NCc3nnc(-c4ccccc4)s3)no2)c(C)n1. The van der Waals surface area contributed by atoms with Gasteiger partial charge in [0.25, 0.3) is 5.91 Å². The molecule has 3 heterocycles. The van der Waals surface area contributed by atoms with Crippen LogP contribution in [0.15, 0.2) is 53.1 Å². The van der Waals surface area contributed by atoms with E-state index in [0.717, 1.165) is 32.5 Å². The lowest BCUT2D eigenvalue weighted by Gasteiger charge is -2.01. The van der Waals surface area contributed by atoms with E-state index in [1.165, 1.54) is 11.3 Å². The van der Waals surface area contributed by atoms with Gasteiger partial charge in [-0.15, -0.1) is 10.2 Å². The Kier molecular flexibility index (Phi) is 4.94. The summed E-state index contributed by atoms with van der Waals surface area (Å²) < 4.78 is 5.33. The van der Waals surface area contributed by atoms with E-state index in [9.17, 15) is 4.79 Å². The molecule has 140 valence electrons. The molecule has 3 aromatic heterocycles.